The summed E-state index contributed by atoms with van der Waals surface area (Å²) in [5.41, 5.74) is 0.774. The topological polar surface area (TPSA) is 64.3 Å². The van der Waals surface area contributed by atoms with Crippen LogP contribution in [0.2, 0.25) is 0 Å². The van der Waals surface area contributed by atoms with Crippen LogP contribution in [-0.4, -0.2) is 38.8 Å². The molecular weight excluding hydrogens is 230 g/mol. The highest BCUT2D eigenvalue weighted by atomic mass is 16.5. The Morgan fingerprint density at radius 1 is 1.44 bits per heavy atom. The quantitative estimate of drug-likeness (QED) is 0.887. The van der Waals surface area contributed by atoms with Gasteiger partial charge in [0.15, 0.2) is 5.82 Å². The van der Waals surface area contributed by atoms with Gasteiger partial charge in [0.2, 0.25) is 5.65 Å². The Morgan fingerprint density at radius 2 is 2.28 bits per heavy atom. The number of nitrogens with one attached hydrogen (secondary N) is 1. The van der Waals surface area contributed by atoms with Gasteiger partial charge in [-0.3, -0.25) is 4.40 Å². The molecule has 2 aromatic heterocycles. The molecule has 0 radical (unpaired) electrons. The molecule has 1 N–H and O–H groups in total. The lowest BCUT2D eigenvalue weighted by atomic mass is 9.93. The van der Waals surface area contributed by atoms with Crippen LogP contribution in [0, 0.1) is 5.92 Å². The van der Waals surface area contributed by atoms with Gasteiger partial charge in [-0.2, -0.15) is 0 Å². The molecule has 0 bridgehead atoms. The van der Waals surface area contributed by atoms with E-state index in [0.717, 1.165) is 37.5 Å². The van der Waals surface area contributed by atoms with Gasteiger partial charge in [-0.05, 0) is 25.7 Å². The molecular formula is C12H17N5O. The van der Waals surface area contributed by atoms with Crippen LogP contribution in [0.15, 0.2) is 18.7 Å². The lowest BCUT2D eigenvalue weighted by Gasteiger charge is -2.28. The van der Waals surface area contributed by atoms with Crippen molar-refractivity contribution in [3.05, 3.63) is 18.7 Å². The molecule has 0 amide bonds. The Bertz CT molecular complexity index is 520. The molecule has 3 rings (SSSR count). The molecule has 0 saturated carbocycles. The smallest absolute Gasteiger partial charge is 0.203 e. The Kier molecular flexibility index (Phi) is 3.10. The second-order valence-electron chi connectivity index (χ2n) is 4.72. The number of rotatable bonds is 3. The molecule has 1 unspecified atom stereocenters. The molecule has 0 spiro atoms. The van der Waals surface area contributed by atoms with Crippen molar-refractivity contribution in [3.8, 4) is 0 Å². The standard InChI is InChI=1S/C12H17N5O/c1-9(10-2-6-18-7-3-10)15-11-12-16-14-8-17(12)5-4-13-11/h4-5,8-10H,2-3,6-7H2,1H3,(H,13,15). The average molecular weight is 247 g/mol. The van der Waals surface area contributed by atoms with Crippen molar-refractivity contribution < 1.29 is 4.74 Å². The van der Waals surface area contributed by atoms with E-state index in [2.05, 4.69) is 27.4 Å². The first-order chi connectivity index (χ1) is 8.84. The van der Waals surface area contributed by atoms with Crippen LogP contribution >= 0.6 is 0 Å². The Balaban J connectivity index is 1.77. The third kappa shape index (κ3) is 2.15. The van der Waals surface area contributed by atoms with Crippen LogP contribution in [-0.2, 0) is 4.74 Å². The predicted molar refractivity (Wildman–Crippen MR) is 67.4 cm³/mol. The second-order valence-corrected chi connectivity index (χ2v) is 4.72. The van der Waals surface area contributed by atoms with Crippen molar-refractivity contribution in [2.75, 3.05) is 18.5 Å². The molecule has 1 atom stereocenters. The van der Waals surface area contributed by atoms with Gasteiger partial charge < -0.3 is 10.1 Å². The Morgan fingerprint density at radius 3 is 3.11 bits per heavy atom. The van der Waals surface area contributed by atoms with Gasteiger partial charge >= 0.3 is 0 Å². The molecule has 1 aliphatic heterocycles. The highest BCUT2D eigenvalue weighted by Gasteiger charge is 2.21. The zero-order valence-corrected chi connectivity index (χ0v) is 10.4. The highest BCUT2D eigenvalue weighted by Crippen LogP contribution is 2.22. The van der Waals surface area contributed by atoms with Crippen molar-refractivity contribution in [2.45, 2.75) is 25.8 Å². The first-order valence-electron chi connectivity index (χ1n) is 6.33. The third-order valence-corrected chi connectivity index (χ3v) is 3.55. The fourth-order valence-corrected chi connectivity index (χ4v) is 2.41. The zero-order valence-electron chi connectivity index (χ0n) is 10.4. The number of hydrogen-bond donors (Lipinski definition) is 1. The minimum absolute atomic E-state index is 0.365. The summed E-state index contributed by atoms with van der Waals surface area (Å²) >= 11 is 0. The van der Waals surface area contributed by atoms with Crippen LogP contribution in [0.1, 0.15) is 19.8 Å². The van der Waals surface area contributed by atoms with Gasteiger partial charge in [-0.25, -0.2) is 4.98 Å². The zero-order chi connectivity index (χ0) is 12.4. The monoisotopic (exact) mass is 247 g/mol. The highest BCUT2D eigenvalue weighted by molar-refractivity contribution is 5.61. The maximum absolute atomic E-state index is 5.39. The molecule has 6 nitrogen and oxygen atoms in total. The minimum Gasteiger partial charge on any atom is -0.381 e. The molecule has 6 heteroatoms. The third-order valence-electron chi connectivity index (χ3n) is 3.55. The van der Waals surface area contributed by atoms with E-state index in [-0.39, 0.29) is 0 Å². The summed E-state index contributed by atoms with van der Waals surface area (Å²) in [5, 5.41) is 11.4. The van der Waals surface area contributed by atoms with Crippen LogP contribution in [0.3, 0.4) is 0 Å². The van der Waals surface area contributed by atoms with Crippen molar-refractivity contribution in [1.82, 2.24) is 19.6 Å². The summed E-state index contributed by atoms with van der Waals surface area (Å²) < 4.78 is 7.26. The SMILES string of the molecule is CC(Nc1nccn2cnnc12)C1CCOCC1. The van der Waals surface area contributed by atoms with Crippen molar-refractivity contribution in [1.29, 1.82) is 0 Å². The predicted octanol–water partition coefficient (Wildman–Crippen LogP) is 1.35. The van der Waals surface area contributed by atoms with Crippen molar-refractivity contribution in [3.63, 3.8) is 0 Å². The van der Waals surface area contributed by atoms with E-state index in [1.165, 1.54) is 0 Å². The second kappa shape index (κ2) is 4.89. The van der Waals surface area contributed by atoms with Crippen LogP contribution < -0.4 is 5.32 Å². The summed E-state index contributed by atoms with van der Waals surface area (Å²) in [5.74, 6) is 1.43. The number of nitrogens with zero attached hydrogens (tertiary/aromatic N) is 4. The molecule has 3 heterocycles. The Hall–Kier alpha value is -1.69. The molecule has 0 aromatic carbocycles. The minimum atomic E-state index is 0.365. The van der Waals surface area contributed by atoms with E-state index in [1.807, 2.05) is 10.6 Å². The molecule has 2 aromatic rings. The van der Waals surface area contributed by atoms with E-state index < -0.39 is 0 Å². The number of aromatic nitrogens is 4. The van der Waals surface area contributed by atoms with Crippen LogP contribution in [0.4, 0.5) is 5.82 Å². The molecule has 0 aliphatic carbocycles. The van der Waals surface area contributed by atoms with Gasteiger partial charge in [-0.1, -0.05) is 0 Å². The normalized spacial score (nSPS) is 18.9. The average Bonchev–Trinajstić information content (AvgIpc) is 2.89. The van der Waals surface area contributed by atoms with E-state index in [1.54, 1.807) is 12.5 Å². The fraction of sp³-hybridized carbons (Fsp3) is 0.583. The lowest BCUT2D eigenvalue weighted by Crippen LogP contribution is -2.31. The summed E-state index contributed by atoms with van der Waals surface area (Å²) in [4.78, 5) is 4.35. The Labute approximate surface area is 105 Å². The lowest BCUT2D eigenvalue weighted by molar-refractivity contribution is 0.0622. The number of anilines is 1. The molecule has 18 heavy (non-hydrogen) atoms. The first kappa shape index (κ1) is 11.4. The first-order valence-corrected chi connectivity index (χ1v) is 6.33. The molecule has 1 aliphatic rings. The van der Waals surface area contributed by atoms with E-state index in [4.69, 9.17) is 4.74 Å². The van der Waals surface area contributed by atoms with Gasteiger partial charge in [0.1, 0.15) is 6.33 Å². The fourth-order valence-electron chi connectivity index (χ4n) is 2.41. The van der Waals surface area contributed by atoms with E-state index in [0.29, 0.717) is 12.0 Å². The van der Waals surface area contributed by atoms with Gasteiger partial charge in [-0.15, -0.1) is 10.2 Å². The molecule has 1 fully saturated rings. The van der Waals surface area contributed by atoms with Crippen molar-refractivity contribution >= 4 is 11.5 Å². The number of ether oxygens (including phenoxy) is 1. The van der Waals surface area contributed by atoms with Gasteiger partial charge in [0.25, 0.3) is 0 Å². The van der Waals surface area contributed by atoms with E-state index >= 15 is 0 Å². The maximum Gasteiger partial charge on any atom is 0.203 e. The maximum atomic E-state index is 5.39. The number of fused-ring (bicyclic) bond motifs is 1. The molecule has 1 saturated heterocycles. The van der Waals surface area contributed by atoms with Crippen molar-refractivity contribution in [2.24, 2.45) is 5.92 Å². The largest absolute Gasteiger partial charge is 0.381 e. The number of hydrogen-bond acceptors (Lipinski definition) is 5. The molecule has 96 valence electrons. The summed E-state index contributed by atoms with van der Waals surface area (Å²) in [6.07, 6.45) is 7.49. The summed E-state index contributed by atoms with van der Waals surface area (Å²) in [7, 11) is 0. The summed E-state index contributed by atoms with van der Waals surface area (Å²) in [6.45, 7) is 3.91. The van der Waals surface area contributed by atoms with Crippen LogP contribution in [0.25, 0.3) is 5.65 Å². The van der Waals surface area contributed by atoms with Gasteiger partial charge in [0.05, 0.1) is 0 Å². The van der Waals surface area contributed by atoms with Gasteiger partial charge in [0, 0.05) is 31.6 Å². The van der Waals surface area contributed by atoms with E-state index in [9.17, 15) is 0 Å². The summed E-state index contributed by atoms with van der Waals surface area (Å²) in [6, 6.07) is 0.365. The van der Waals surface area contributed by atoms with Crippen LogP contribution in [0.5, 0.6) is 0 Å².